The highest BCUT2D eigenvalue weighted by Gasteiger charge is 2.14. The molecule has 0 saturated carbocycles. The molecule has 5 rings (SSSR count). The minimum absolute atomic E-state index is 0.0651. The minimum atomic E-state index is -0.0651. The van der Waals surface area contributed by atoms with Crippen LogP contribution in [0, 0.1) is 3.57 Å². The van der Waals surface area contributed by atoms with Crippen LogP contribution in [0.25, 0.3) is 39.5 Å². The molecular weight excluding hydrogens is 519 g/mol. The van der Waals surface area contributed by atoms with Gasteiger partial charge >= 0.3 is 0 Å². The molecule has 0 fully saturated rings. The van der Waals surface area contributed by atoms with Crippen LogP contribution in [-0.2, 0) is 0 Å². The minimum Gasteiger partial charge on any atom is -0.268 e. The predicted octanol–water partition coefficient (Wildman–Crippen LogP) is 7.44. The van der Waals surface area contributed by atoms with Crippen LogP contribution in [0.4, 0.5) is 0 Å². The van der Waals surface area contributed by atoms with Gasteiger partial charge < -0.3 is 0 Å². The van der Waals surface area contributed by atoms with E-state index in [1.807, 2.05) is 60.7 Å². The van der Waals surface area contributed by atoms with Crippen LogP contribution in [0.15, 0.2) is 89.7 Å². The van der Waals surface area contributed by atoms with Crippen LogP contribution in [-0.4, -0.2) is 9.55 Å². The second kappa shape index (κ2) is 8.94. The smallest absolute Gasteiger partial charge is 0.266 e. The summed E-state index contributed by atoms with van der Waals surface area (Å²) in [7, 11) is 0. The van der Waals surface area contributed by atoms with E-state index in [1.54, 1.807) is 4.57 Å². The van der Waals surface area contributed by atoms with Crippen molar-refractivity contribution in [2.24, 2.45) is 0 Å². The Bertz CT molecular complexity index is 1560. The van der Waals surface area contributed by atoms with E-state index < -0.39 is 0 Å². The molecule has 4 aromatic carbocycles. The maximum Gasteiger partial charge on any atom is 0.266 e. The maximum absolute atomic E-state index is 13.8. The summed E-state index contributed by atoms with van der Waals surface area (Å²) in [4.78, 5) is 18.7. The van der Waals surface area contributed by atoms with Gasteiger partial charge in [-0.25, -0.2) is 4.98 Å². The maximum atomic E-state index is 13.8. The summed E-state index contributed by atoms with van der Waals surface area (Å²) in [6, 6.07) is 28.5. The molecule has 4 heteroatoms. The molecule has 0 atom stereocenters. The van der Waals surface area contributed by atoms with Crippen LogP contribution in [0.2, 0.25) is 0 Å². The summed E-state index contributed by atoms with van der Waals surface area (Å²) in [6.07, 6.45) is 3.96. The van der Waals surface area contributed by atoms with E-state index >= 15 is 0 Å². The van der Waals surface area contributed by atoms with Gasteiger partial charge in [-0.05, 0) is 75.4 Å². The van der Waals surface area contributed by atoms with E-state index in [9.17, 15) is 4.79 Å². The molecule has 5 aromatic rings. The zero-order valence-electron chi connectivity index (χ0n) is 18.5. The van der Waals surface area contributed by atoms with Gasteiger partial charge in [-0.1, -0.05) is 80.6 Å². The number of benzene rings is 4. The van der Waals surface area contributed by atoms with Gasteiger partial charge in [0, 0.05) is 8.96 Å². The van der Waals surface area contributed by atoms with Crippen LogP contribution < -0.4 is 5.56 Å². The van der Waals surface area contributed by atoms with E-state index in [0.29, 0.717) is 22.6 Å². The predicted molar refractivity (Wildman–Crippen MR) is 147 cm³/mol. The first-order valence-corrected chi connectivity index (χ1v) is 12.1. The molecule has 0 aliphatic rings. The fourth-order valence-electron chi connectivity index (χ4n) is 4.09. The average Bonchev–Trinajstić information content (AvgIpc) is 2.83. The van der Waals surface area contributed by atoms with Crippen LogP contribution >= 0.6 is 22.6 Å². The second-order valence-corrected chi connectivity index (χ2v) is 9.67. The largest absolute Gasteiger partial charge is 0.268 e. The number of halogens is 1. The van der Waals surface area contributed by atoms with Gasteiger partial charge in [0.15, 0.2) is 0 Å². The molecule has 3 nitrogen and oxygen atoms in total. The van der Waals surface area contributed by atoms with Crippen LogP contribution in [0.1, 0.15) is 36.7 Å². The number of fused-ring (bicyclic) bond motifs is 2. The number of hydrogen-bond donors (Lipinski definition) is 0. The van der Waals surface area contributed by atoms with Gasteiger partial charge in [0.2, 0.25) is 0 Å². The summed E-state index contributed by atoms with van der Waals surface area (Å²) >= 11 is 2.24. The molecule has 33 heavy (non-hydrogen) atoms. The Morgan fingerprint density at radius 1 is 0.848 bits per heavy atom. The number of hydrogen-bond acceptors (Lipinski definition) is 2. The summed E-state index contributed by atoms with van der Waals surface area (Å²) in [6.45, 7) is 4.38. The lowest BCUT2D eigenvalue weighted by Gasteiger charge is -2.14. The zero-order chi connectivity index (χ0) is 22.9. The standard InChI is InChI=1S/C29H23IN2O/c1-19(2)21-13-10-20(11-14-21)12-17-28-31-26-16-15-23(30)18-25(26)29(33)32(28)27-9-5-7-22-6-3-4-8-24(22)27/h3-19H,1-2H3/b17-12+. The molecule has 0 bridgehead atoms. The number of rotatable bonds is 4. The van der Waals surface area contributed by atoms with E-state index in [0.717, 1.165) is 25.6 Å². The zero-order valence-corrected chi connectivity index (χ0v) is 20.7. The summed E-state index contributed by atoms with van der Waals surface area (Å²) in [5, 5.41) is 2.72. The molecule has 1 aromatic heterocycles. The second-order valence-electron chi connectivity index (χ2n) is 8.43. The highest BCUT2D eigenvalue weighted by Crippen LogP contribution is 2.24. The van der Waals surface area contributed by atoms with Crippen molar-refractivity contribution < 1.29 is 0 Å². The Labute approximate surface area is 206 Å². The van der Waals surface area contributed by atoms with Crippen molar-refractivity contribution in [3.8, 4) is 5.69 Å². The lowest BCUT2D eigenvalue weighted by atomic mass is 10.0. The number of nitrogens with zero attached hydrogens (tertiary/aromatic N) is 2. The van der Waals surface area contributed by atoms with Crippen molar-refractivity contribution in [1.29, 1.82) is 0 Å². The third-order valence-electron chi connectivity index (χ3n) is 5.89. The molecule has 0 unspecified atom stereocenters. The summed E-state index contributed by atoms with van der Waals surface area (Å²) < 4.78 is 2.75. The van der Waals surface area contributed by atoms with E-state index in [1.165, 1.54) is 5.56 Å². The van der Waals surface area contributed by atoms with Gasteiger partial charge in [0.25, 0.3) is 5.56 Å². The lowest BCUT2D eigenvalue weighted by Crippen LogP contribution is -2.22. The van der Waals surface area contributed by atoms with E-state index in [2.05, 4.69) is 72.8 Å². The van der Waals surface area contributed by atoms with Gasteiger partial charge in [0.1, 0.15) is 5.82 Å². The van der Waals surface area contributed by atoms with Gasteiger partial charge in [-0.3, -0.25) is 9.36 Å². The SMILES string of the molecule is CC(C)c1ccc(/C=C/c2nc3ccc(I)cc3c(=O)n2-c2cccc3ccccc23)cc1. The lowest BCUT2D eigenvalue weighted by molar-refractivity contribution is 0.866. The number of aromatic nitrogens is 2. The van der Waals surface area contributed by atoms with Gasteiger partial charge in [-0.15, -0.1) is 0 Å². The molecule has 0 amide bonds. The molecule has 1 heterocycles. The first-order chi connectivity index (χ1) is 16.0. The molecule has 0 N–H and O–H groups in total. The Hall–Kier alpha value is -3.25. The van der Waals surface area contributed by atoms with Gasteiger partial charge in [0.05, 0.1) is 16.6 Å². The normalized spacial score (nSPS) is 11.8. The van der Waals surface area contributed by atoms with Crippen molar-refractivity contribution in [3.63, 3.8) is 0 Å². The first-order valence-electron chi connectivity index (χ1n) is 11.0. The Morgan fingerprint density at radius 2 is 1.61 bits per heavy atom. The highest BCUT2D eigenvalue weighted by atomic mass is 127. The van der Waals surface area contributed by atoms with Crippen LogP contribution in [0.5, 0.6) is 0 Å². The molecule has 0 aliphatic heterocycles. The summed E-state index contributed by atoms with van der Waals surface area (Å²) in [5.74, 6) is 1.10. The third kappa shape index (κ3) is 4.23. The van der Waals surface area contributed by atoms with E-state index in [4.69, 9.17) is 4.98 Å². The fraction of sp³-hybridized carbons (Fsp3) is 0.103. The van der Waals surface area contributed by atoms with Crippen molar-refractivity contribution in [2.45, 2.75) is 19.8 Å². The Balaban J connectivity index is 1.74. The summed E-state index contributed by atoms with van der Waals surface area (Å²) in [5.41, 5.74) is 3.84. The monoisotopic (exact) mass is 542 g/mol. The fourth-order valence-corrected chi connectivity index (χ4v) is 4.58. The quantitative estimate of drug-likeness (QED) is 0.221. The molecule has 0 saturated heterocycles. The van der Waals surface area contributed by atoms with Gasteiger partial charge in [-0.2, -0.15) is 0 Å². The van der Waals surface area contributed by atoms with Crippen molar-refractivity contribution in [2.75, 3.05) is 0 Å². The molecule has 0 spiro atoms. The molecular formula is C29H23IN2O. The molecule has 162 valence electrons. The average molecular weight is 542 g/mol. The van der Waals surface area contributed by atoms with Crippen molar-refractivity contribution in [3.05, 3.63) is 116 Å². The third-order valence-corrected chi connectivity index (χ3v) is 6.56. The molecule has 0 radical (unpaired) electrons. The topological polar surface area (TPSA) is 34.9 Å². The Kier molecular flexibility index (Phi) is 5.85. The Morgan fingerprint density at radius 3 is 2.39 bits per heavy atom. The van der Waals surface area contributed by atoms with Crippen molar-refractivity contribution >= 4 is 56.4 Å². The van der Waals surface area contributed by atoms with Crippen LogP contribution in [0.3, 0.4) is 0 Å². The molecule has 0 aliphatic carbocycles. The highest BCUT2D eigenvalue weighted by molar-refractivity contribution is 14.1. The van der Waals surface area contributed by atoms with Crippen molar-refractivity contribution in [1.82, 2.24) is 9.55 Å². The first kappa shape index (κ1) is 21.6. The van der Waals surface area contributed by atoms with E-state index in [-0.39, 0.29) is 5.56 Å².